The smallest absolute Gasteiger partial charge is 0.0324 e. The second kappa shape index (κ2) is 1.31. The molecular formula is C6H11N3. The van der Waals surface area contributed by atoms with E-state index in [4.69, 9.17) is 0 Å². The first-order chi connectivity index (χ1) is 4.47. The van der Waals surface area contributed by atoms with Crippen LogP contribution in [0.4, 0.5) is 0 Å². The molecule has 9 heavy (non-hydrogen) atoms. The molecular weight excluding hydrogens is 114 g/mol. The molecule has 2 aliphatic heterocycles. The van der Waals surface area contributed by atoms with Gasteiger partial charge in [0.15, 0.2) is 0 Å². The van der Waals surface area contributed by atoms with E-state index in [0.717, 1.165) is 23.9 Å². The molecule has 0 aromatic carbocycles. The van der Waals surface area contributed by atoms with Gasteiger partial charge < -0.3 is 5.32 Å². The third kappa shape index (κ3) is 0.377. The van der Waals surface area contributed by atoms with Gasteiger partial charge in [0.2, 0.25) is 0 Å². The molecule has 4 unspecified atom stereocenters. The van der Waals surface area contributed by atoms with Gasteiger partial charge >= 0.3 is 0 Å². The number of rotatable bonds is 0. The van der Waals surface area contributed by atoms with Crippen molar-refractivity contribution in [2.45, 2.75) is 12.1 Å². The lowest BCUT2D eigenvalue weighted by atomic mass is 9.61. The maximum atomic E-state index is 3.44. The summed E-state index contributed by atoms with van der Waals surface area (Å²) in [6.45, 7) is 2.40. The molecule has 2 saturated heterocycles. The third-order valence-electron chi connectivity index (χ3n) is 3.04. The van der Waals surface area contributed by atoms with Crippen LogP contribution in [-0.4, -0.2) is 25.2 Å². The van der Waals surface area contributed by atoms with E-state index in [-0.39, 0.29) is 0 Å². The van der Waals surface area contributed by atoms with Crippen LogP contribution in [0.3, 0.4) is 0 Å². The lowest BCUT2D eigenvalue weighted by molar-refractivity contribution is 0.0129. The largest absolute Gasteiger partial charge is 0.313 e. The van der Waals surface area contributed by atoms with Gasteiger partial charge in [-0.05, 0) is 0 Å². The fourth-order valence-electron chi connectivity index (χ4n) is 2.37. The Labute approximate surface area is 54.2 Å². The average molecular weight is 125 g/mol. The van der Waals surface area contributed by atoms with Crippen molar-refractivity contribution in [1.82, 2.24) is 16.2 Å². The average Bonchev–Trinajstić information content (AvgIpc) is 2.13. The molecule has 0 aromatic heterocycles. The molecule has 3 N–H and O–H groups in total. The lowest BCUT2D eigenvalue weighted by Gasteiger charge is -2.56. The van der Waals surface area contributed by atoms with Crippen LogP contribution in [0.25, 0.3) is 0 Å². The van der Waals surface area contributed by atoms with Crippen LogP contribution in [-0.2, 0) is 0 Å². The fourth-order valence-corrected chi connectivity index (χ4v) is 2.37. The van der Waals surface area contributed by atoms with Crippen LogP contribution in [0, 0.1) is 11.8 Å². The van der Waals surface area contributed by atoms with E-state index in [2.05, 4.69) is 16.2 Å². The monoisotopic (exact) mass is 125 g/mol. The standard InChI is InChI=1S/C6H11N3/c1-3-5(7-1)4-2-8-9-6(3)4/h3-9H,1-2H2. The van der Waals surface area contributed by atoms with Crippen LogP contribution in [0.1, 0.15) is 0 Å². The van der Waals surface area contributed by atoms with Crippen molar-refractivity contribution in [3.05, 3.63) is 0 Å². The van der Waals surface area contributed by atoms with Gasteiger partial charge in [0.25, 0.3) is 0 Å². The summed E-state index contributed by atoms with van der Waals surface area (Å²) in [6.07, 6.45) is 0. The Hall–Kier alpha value is -0.120. The van der Waals surface area contributed by atoms with Crippen molar-refractivity contribution >= 4 is 0 Å². The van der Waals surface area contributed by atoms with Gasteiger partial charge in [-0.15, -0.1) is 0 Å². The molecule has 2 heterocycles. The number of hydrazine groups is 1. The highest BCUT2D eigenvalue weighted by molar-refractivity contribution is 5.15. The molecule has 3 heteroatoms. The molecule has 50 valence electrons. The van der Waals surface area contributed by atoms with Crippen LogP contribution in [0.5, 0.6) is 0 Å². The first-order valence-corrected chi connectivity index (χ1v) is 3.68. The minimum absolute atomic E-state index is 0.802. The molecule has 4 atom stereocenters. The number of nitrogens with one attached hydrogen (secondary N) is 3. The summed E-state index contributed by atoms with van der Waals surface area (Å²) in [5, 5.41) is 3.44. The molecule has 3 rings (SSSR count). The molecule has 0 amide bonds. The van der Waals surface area contributed by atoms with Crippen molar-refractivity contribution in [2.24, 2.45) is 11.8 Å². The van der Waals surface area contributed by atoms with E-state index in [1.54, 1.807) is 0 Å². The second-order valence-corrected chi connectivity index (χ2v) is 3.31. The zero-order valence-corrected chi connectivity index (χ0v) is 5.22. The normalized spacial score (nSPS) is 61.3. The summed E-state index contributed by atoms with van der Waals surface area (Å²) in [5.74, 6) is 1.84. The summed E-state index contributed by atoms with van der Waals surface area (Å²) in [4.78, 5) is 0. The minimum atomic E-state index is 0.802. The van der Waals surface area contributed by atoms with E-state index >= 15 is 0 Å². The van der Waals surface area contributed by atoms with Gasteiger partial charge in [0.1, 0.15) is 0 Å². The molecule has 3 aliphatic rings. The van der Waals surface area contributed by atoms with Crippen molar-refractivity contribution in [3.63, 3.8) is 0 Å². The van der Waals surface area contributed by atoms with Crippen LogP contribution in [0.2, 0.25) is 0 Å². The van der Waals surface area contributed by atoms with Crippen molar-refractivity contribution in [2.75, 3.05) is 13.1 Å². The number of hydrogen-bond donors (Lipinski definition) is 3. The maximum absolute atomic E-state index is 3.44. The van der Waals surface area contributed by atoms with Gasteiger partial charge in [-0.1, -0.05) is 0 Å². The van der Waals surface area contributed by atoms with Gasteiger partial charge in [-0.3, -0.25) is 10.9 Å². The van der Waals surface area contributed by atoms with Crippen molar-refractivity contribution < 1.29 is 0 Å². The number of hydrogen-bond acceptors (Lipinski definition) is 3. The molecule has 3 nitrogen and oxygen atoms in total. The fraction of sp³-hybridized carbons (Fsp3) is 1.00. The molecule has 0 spiro atoms. The highest BCUT2D eigenvalue weighted by Crippen LogP contribution is 2.41. The quantitative estimate of drug-likeness (QED) is 0.376. The molecule has 3 fully saturated rings. The zero-order chi connectivity index (χ0) is 5.84. The van der Waals surface area contributed by atoms with Gasteiger partial charge in [-0.2, -0.15) is 0 Å². The Bertz CT molecular complexity index is 131. The SMILES string of the molecule is C1NNC2C1C1NCC12. The molecule has 1 aliphatic carbocycles. The predicted octanol–water partition coefficient (Wildman–Crippen LogP) is -1.32. The van der Waals surface area contributed by atoms with Gasteiger partial charge in [-0.25, -0.2) is 0 Å². The van der Waals surface area contributed by atoms with E-state index in [0.29, 0.717) is 0 Å². The highest BCUT2D eigenvalue weighted by Gasteiger charge is 2.57. The topological polar surface area (TPSA) is 36.1 Å². The third-order valence-corrected chi connectivity index (χ3v) is 3.04. The molecule has 1 saturated carbocycles. The predicted molar refractivity (Wildman–Crippen MR) is 33.7 cm³/mol. The van der Waals surface area contributed by atoms with Crippen LogP contribution in [0.15, 0.2) is 0 Å². The van der Waals surface area contributed by atoms with Gasteiger partial charge in [0, 0.05) is 37.0 Å². The van der Waals surface area contributed by atoms with E-state index in [9.17, 15) is 0 Å². The first kappa shape index (κ1) is 4.66. The Kier molecular flexibility index (Phi) is 0.678. The Balaban J connectivity index is 1.85. The molecule has 0 radical (unpaired) electrons. The molecule has 0 bridgehead atoms. The second-order valence-electron chi connectivity index (χ2n) is 3.31. The lowest BCUT2D eigenvalue weighted by Crippen LogP contribution is -2.74. The summed E-state index contributed by atoms with van der Waals surface area (Å²) in [6, 6.07) is 1.66. The summed E-state index contributed by atoms with van der Waals surface area (Å²) in [7, 11) is 0. The van der Waals surface area contributed by atoms with Gasteiger partial charge in [0.05, 0.1) is 0 Å². The van der Waals surface area contributed by atoms with E-state index in [1.165, 1.54) is 13.1 Å². The van der Waals surface area contributed by atoms with E-state index < -0.39 is 0 Å². The molecule has 0 aromatic rings. The Morgan fingerprint density at radius 2 is 1.89 bits per heavy atom. The minimum Gasteiger partial charge on any atom is -0.313 e. The highest BCUT2D eigenvalue weighted by atomic mass is 15.4. The Morgan fingerprint density at radius 1 is 1.00 bits per heavy atom. The van der Waals surface area contributed by atoms with E-state index in [1.807, 2.05) is 0 Å². The zero-order valence-electron chi connectivity index (χ0n) is 5.22. The number of piperidine rings is 1. The number of fused-ring (bicyclic) bond motifs is 4. The maximum Gasteiger partial charge on any atom is 0.0324 e. The van der Waals surface area contributed by atoms with Crippen LogP contribution >= 0.6 is 0 Å². The van der Waals surface area contributed by atoms with Crippen LogP contribution < -0.4 is 16.2 Å². The van der Waals surface area contributed by atoms with Crippen molar-refractivity contribution in [1.29, 1.82) is 0 Å². The van der Waals surface area contributed by atoms with Crippen molar-refractivity contribution in [3.8, 4) is 0 Å². The summed E-state index contributed by atoms with van der Waals surface area (Å²) in [5.41, 5.74) is 6.49. The summed E-state index contributed by atoms with van der Waals surface area (Å²) >= 11 is 0. The summed E-state index contributed by atoms with van der Waals surface area (Å²) < 4.78 is 0. The first-order valence-electron chi connectivity index (χ1n) is 3.68. The Morgan fingerprint density at radius 3 is 2.56 bits per heavy atom.